The standard InChI is InChI=1S/C16H24N2O2/c1-3-12-20-15-9-5-4-8-14(15)13(2)17-16(19)18-10-6-7-11-18/h4-5,8-9,13H,3,6-7,10-12H2,1-2H3,(H,17,19)/t13-/m0/s1. The molecule has 0 aliphatic carbocycles. The molecule has 1 saturated heterocycles. The maximum atomic E-state index is 12.1. The van der Waals surface area contributed by atoms with E-state index in [-0.39, 0.29) is 12.1 Å². The van der Waals surface area contributed by atoms with Gasteiger partial charge >= 0.3 is 6.03 Å². The first kappa shape index (κ1) is 14.7. The van der Waals surface area contributed by atoms with Gasteiger partial charge in [-0.2, -0.15) is 0 Å². The van der Waals surface area contributed by atoms with Crippen molar-refractivity contribution in [2.24, 2.45) is 0 Å². The zero-order valence-electron chi connectivity index (χ0n) is 12.4. The molecule has 4 heteroatoms. The molecule has 110 valence electrons. The normalized spacial score (nSPS) is 16.0. The van der Waals surface area contributed by atoms with E-state index in [0.717, 1.165) is 43.7 Å². The van der Waals surface area contributed by atoms with Crippen LogP contribution in [0.1, 0.15) is 44.7 Å². The Labute approximate surface area is 121 Å². The number of nitrogens with one attached hydrogen (secondary N) is 1. The van der Waals surface area contributed by atoms with Crippen molar-refractivity contribution >= 4 is 6.03 Å². The molecule has 1 heterocycles. The summed E-state index contributed by atoms with van der Waals surface area (Å²) in [6, 6.07) is 7.90. The second-order valence-electron chi connectivity index (χ2n) is 5.25. The van der Waals surface area contributed by atoms with E-state index in [2.05, 4.69) is 12.2 Å². The molecule has 0 bridgehead atoms. The molecule has 0 spiro atoms. The fourth-order valence-electron chi connectivity index (χ4n) is 2.46. The summed E-state index contributed by atoms with van der Waals surface area (Å²) in [5.74, 6) is 0.864. The summed E-state index contributed by atoms with van der Waals surface area (Å²) < 4.78 is 5.75. The maximum absolute atomic E-state index is 12.1. The van der Waals surface area contributed by atoms with Crippen LogP contribution < -0.4 is 10.1 Å². The second-order valence-corrected chi connectivity index (χ2v) is 5.25. The number of ether oxygens (including phenoxy) is 1. The highest BCUT2D eigenvalue weighted by Crippen LogP contribution is 2.25. The van der Waals surface area contributed by atoms with Crippen LogP contribution in [0.5, 0.6) is 5.75 Å². The first-order valence-electron chi connectivity index (χ1n) is 7.49. The zero-order chi connectivity index (χ0) is 14.4. The summed E-state index contributed by atoms with van der Waals surface area (Å²) in [6.07, 6.45) is 3.19. The predicted molar refractivity (Wildman–Crippen MR) is 80.0 cm³/mol. The molecule has 0 aromatic heterocycles. The molecule has 1 atom stereocenters. The molecule has 1 fully saturated rings. The monoisotopic (exact) mass is 276 g/mol. The molecule has 1 aromatic rings. The number of hydrogen-bond donors (Lipinski definition) is 1. The summed E-state index contributed by atoms with van der Waals surface area (Å²) in [5.41, 5.74) is 1.04. The number of likely N-dealkylation sites (tertiary alicyclic amines) is 1. The number of hydrogen-bond acceptors (Lipinski definition) is 2. The van der Waals surface area contributed by atoms with Crippen molar-refractivity contribution < 1.29 is 9.53 Å². The van der Waals surface area contributed by atoms with Gasteiger partial charge < -0.3 is 15.0 Å². The molecule has 1 N–H and O–H groups in total. The molecule has 1 aromatic carbocycles. The SMILES string of the molecule is CCCOc1ccccc1[C@H](C)NC(=O)N1CCCC1. The van der Waals surface area contributed by atoms with Gasteiger partial charge in [-0.05, 0) is 32.3 Å². The molecule has 0 unspecified atom stereocenters. The van der Waals surface area contributed by atoms with Crippen molar-refractivity contribution in [3.8, 4) is 5.75 Å². The molecule has 2 amide bonds. The highest BCUT2D eigenvalue weighted by molar-refractivity contribution is 5.75. The van der Waals surface area contributed by atoms with Crippen LogP contribution in [0.4, 0.5) is 4.79 Å². The van der Waals surface area contributed by atoms with E-state index in [1.165, 1.54) is 0 Å². The van der Waals surface area contributed by atoms with Gasteiger partial charge in [-0.1, -0.05) is 25.1 Å². The van der Waals surface area contributed by atoms with Crippen LogP contribution >= 0.6 is 0 Å². The van der Waals surface area contributed by atoms with E-state index < -0.39 is 0 Å². The number of carbonyl (C=O) groups excluding carboxylic acids is 1. The van der Waals surface area contributed by atoms with Crippen molar-refractivity contribution in [1.82, 2.24) is 10.2 Å². The number of amides is 2. The maximum Gasteiger partial charge on any atom is 0.317 e. The average molecular weight is 276 g/mol. The van der Waals surface area contributed by atoms with Gasteiger partial charge in [0.1, 0.15) is 5.75 Å². The fourth-order valence-corrected chi connectivity index (χ4v) is 2.46. The zero-order valence-corrected chi connectivity index (χ0v) is 12.4. The number of urea groups is 1. The topological polar surface area (TPSA) is 41.6 Å². The molecule has 1 aliphatic rings. The smallest absolute Gasteiger partial charge is 0.317 e. The molecule has 4 nitrogen and oxygen atoms in total. The number of nitrogens with zero attached hydrogens (tertiary/aromatic N) is 1. The van der Waals surface area contributed by atoms with E-state index in [9.17, 15) is 4.79 Å². The third-order valence-corrected chi connectivity index (χ3v) is 3.58. The molecule has 0 radical (unpaired) electrons. The Hall–Kier alpha value is -1.71. The second kappa shape index (κ2) is 7.17. The first-order valence-corrected chi connectivity index (χ1v) is 7.49. The lowest BCUT2D eigenvalue weighted by atomic mass is 10.1. The van der Waals surface area contributed by atoms with Crippen molar-refractivity contribution in [2.45, 2.75) is 39.2 Å². The van der Waals surface area contributed by atoms with Crippen LogP contribution in [0.15, 0.2) is 24.3 Å². The van der Waals surface area contributed by atoms with Crippen molar-refractivity contribution in [1.29, 1.82) is 0 Å². The van der Waals surface area contributed by atoms with Gasteiger partial charge in [-0.3, -0.25) is 0 Å². The summed E-state index contributed by atoms with van der Waals surface area (Å²) in [7, 11) is 0. The van der Waals surface area contributed by atoms with Crippen molar-refractivity contribution in [2.75, 3.05) is 19.7 Å². The van der Waals surface area contributed by atoms with E-state index >= 15 is 0 Å². The summed E-state index contributed by atoms with van der Waals surface area (Å²) in [6.45, 7) is 6.52. The molecule has 20 heavy (non-hydrogen) atoms. The molecular formula is C16H24N2O2. The Morgan fingerprint density at radius 2 is 2.05 bits per heavy atom. The fraction of sp³-hybridized carbons (Fsp3) is 0.562. The number of carbonyl (C=O) groups is 1. The van der Waals surface area contributed by atoms with Crippen LogP contribution in [0, 0.1) is 0 Å². The van der Waals surface area contributed by atoms with Gasteiger partial charge in [0.2, 0.25) is 0 Å². The lowest BCUT2D eigenvalue weighted by Crippen LogP contribution is -2.39. The van der Waals surface area contributed by atoms with Crippen LogP contribution in [0.3, 0.4) is 0 Å². The highest BCUT2D eigenvalue weighted by atomic mass is 16.5. The highest BCUT2D eigenvalue weighted by Gasteiger charge is 2.20. The van der Waals surface area contributed by atoms with Gasteiger partial charge in [0, 0.05) is 18.7 Å². The van der Waals surface area contributed by atoms with Gasteiger partial charge in [0.15, 0.2) is 0 Å². The van der Waals surface area contributed by atoms with Crippen molar-refractivity contribution in [3.63, 3.8) is 0 Å². The number of benzene rings is 1. The van der Waals surface area contributed by atoms with Gasteiger partial charge in [-0.25, -0.2) is 4.79 Å². The van der Waals surface area contributed by atoms with Gasteiger partial charge in [-0.15, -0.1) is 0 Å². The Balaban J connectivity index is 2.00. The van der Waals surface area contributed by atoms with Gasteiger partial charge in [0.05, 0.1) is 12.6 Å². The van der Waals surface area contributed by atoms with E-state index in [1.807, 2.05) is 36.1 Å². The van der Waals surface area contributed by atoms with Crippen LogP contribution in [0.2, 0.25) is 0 Å². The quantitative estimate of drug-likeness (QED) is 0.896. The van der Waals surface area contributed by atoms with Crippen LogP contribution in [-0.2, 0) is 0 Å². The summed E-state index contributed by atoms with van der Waals surface area (Å²) >= 11 is 0. The molecule has 0 saturated carbocycles. The molecule has 2 rings (SSSR count). The van der Waals surface area contributed by atoms with E-state index in [0.29, 0.717) is 6.61 Å². The summed E-state index contributed by atoms with van der Waals surface area (Å²) in [5, 5.41) is 3.06. The minimum absolute atomic E-state index is 0.0281. The van der Waals surface area contributed by atoms with E-state index in [1.54, 1.807) is 0 Å². The van der Waals surface area contributed by atoms with Crippen LogP contribution in [0.25, 0.3) is 0 Å². The largest absolute Gasteiger partial charge is 0.493 e. The number of rotatable bonds is 5. The molecule has 1 aliphatic heterocycles. The van der Waals surface area contributed by atoms with Crippen LogP contribution in [-0.4, -0.2) is 30.6 Å². The number of para-hydroxylation sites is 1. The Bertz CT molecular complexity index is 442. The lowest BCUT2D eigenvalue weighted by molar-refractivity contribution is 0.205. The first-order chi connectivity index (χ1) is 9.72. The minimum Gasteiger partial charge on any atom is -0.493 e. The third-order valence-electron chi connectivity index (χ3n) is 3.58. The Kier molecular flexibility index (Phi) is 5.27. The Morgan fingerprint density at radius 3 is 2.75 bits per heavy atom. The van der Waals surface area contributed by atoms with E-state index in [4.69, 9.17) is 4.74 Å². The van der Waals surface area contributed by atoms with Crippen molar-refractivity contribution in [3.05, 3.63) is 29.8 Å². The lowest BCUT2D eigenvalue weighted by Gasteiger charge is -2.22. The molecular weight excluding hydrogens is 252 g/mol. The Morgan fingerprint density at radius 1 is 1.35 bits per heavy atom. The van der Waals surface area contributed by atoms with Gasteiger partial charge in [0.25, 0.3) is 0 Å². The summed E-state index contributed by atoms with van der Waals surface area (Å²) in [4.78, 5) is 14.0. The predicted octanol–water partition coefficient (Wildman–Crippen LogP) is 3.34. The third kappa shape index (κ3) is 3.65. The minimum atomic E-state index is -0.0452. The average Bonchev–Trinajstić information content (AvgIpc) is 2.99.